The number of halogens is 1. The van der Waals surface area contributed by atoms with E-state index in [9.17, 15) is 4.39 Å². The molecule has 0 radical (unpaired) electrons. The molecule has 0 fully saturated rings. The Morgan fingerprint density at radius 3 is 2.38 bits per heavy atom. The Morgan fingerprint density at radius 2 is 1.81 bits per heavy atom. The van der Waals surface area contributed by atoms with Gasteiger partial charge < -0.3 is 10.1 Å². The minimum atomic E-state index is -0.284. The van der Waals surface area contributed by atoms with E-state index in [1.807, 2.05) is 37.4 Å². The highest BCUT2D eigenvalue weighted by Crippen LogP contribution is 2.36. The van der Waals surface area contributed by atoms with Gasteiger partial charge in [-0.15, -0.1) is 0 Å². The largest absolute Gasteiger partial charge is 0.494 e. The molecule has 1 N–H and O–H groups in total. The summed E-state index contributed by atoms with van der Waals surface area (Å²) in [6.45, 7) is 2.13. The van der Waals surface area contributed by atoms with E-state index in [1.165, 1.54) is 12.7 Å². The van der Waals surface area contributed by atoms with Gasteiger partial charge in [-0.3, -0.25) is 0 Å². The highest BCUT2D eigenvalue weighted by Gasteiger charge is 2.25. The monoisotopic (exact) mass is 287 g/mol. The van der Waals surface area contributed by atoms with Crippen LogP contribution in [0, 0.1) is 5.82 Å². The van der Waals surface area contributed by atoms with Gasteiger partial charge in [-0.25, -0.2) is 4.39 Å². The van der Waals surface area contributed by atoms with Crippen LogP contribution in [0.3, 0.4) is 0 Å². The molecule has 0 aromatic heterocycles. The van der Waals surface area contributed by atoms with Crippen LogP contribution in [0.4, 0.5) is 4.39 Å². The van der Waals surface area contributed by atoms with Crippen LogP contribution in [0.25, 0.3) is 0 Å². The zero-order valence-corrected chi connectivity index (χ0v) is 12.8. The summed E-state index contributed by atoms with van der Waals surface area (Å²) >= 11 is 0. The van der Waals surface area contributed by atoms with Crippen molar-refractivity contribution in [3.63, 3.8) is 0 Å². The van der Waals surface area contributed by atoms with Gasteiger partial charge in [0, 0.05) is 17.5 Å². The Kier molecular flexibility index (Phi) is 5.34. The molecule has 2 atom stereocenters. The van der Waals surface area contributed by atoms with Gasteiger partial charge in [0.1, 0.15) is 0 Å². The van der Waals surface area contributed by atoms with Crippen LogP contribution in [-0.2, 0) is 0 Å². The molecule has 0 saturated carbocycles. The van der Waals surface area contributed by atoms with Crippen molar-refractivity contribution in [2.24, 2.45) is 0 Å². The molecule has 0 aliphatic heterocycles. The summed E-state index contributed by atoms with van der Waals surface area (Å²) in [5, 5.41) is 3.26. The predicted octanol–water partition coefficient (Wildman–Crippen LogP) is 4.29. The number of nitrogens with one attached hydrogen (secondary N) is 1. The second-order valence-electron chi connectivity index (χ2n) is 5.06. The summed E-state index contributed by atoms with van der Waals surface area (Å²) < 4.78 is 19.7. The standard InChI is InChI=1S/C18H22FNO/c1-4-14(13-9-6-5-7-10-13)18(20-2)15-11-8-12-16(21-3)17(15)19/h5-12,14,18,20H,4H2,1-3H3. The molecule has 0 saturated heterocycles. The zero-order chi connectivity index (χ0) is 15.2. The van der Waals surface area contributed by atoms with Gasteiger partial charge in [-0.05, 0) is 25.1 Å². The Morgan fingerprint density at radius 1 is 1.10 bits per heavy atom. The maximum absolute atomic E-state index is 14.6. The lowest BCUT2D eigenvalue weighted by atomic mass is 9.85. The quantitative estimate of drug-likeness (QED) is 0.856. The van der Waals surface area contributed by atoms with E-state index in [-0.39, 0.29) is 23.5 Å². The van der Waals surface area contributed by atoms with Crippen molar-refractivity contribution in [1.82, 2.24) is 5.32 Å². The number of benzene rings is 2. The number of ether oxygens (including phenoxy) is 1. The van der Waals surface area contributed by atoms with Crippen LogP contribution < -0.4 is 10.1 Å². The molecule has 3 heteroatoms. The highest BCUT2D eigenvalue weighted by atomic mass is 19.1. The fraction of sp³-hybridized carbons (Fsp3) is 0.333. The third kappa shape index (κ3) is 3.24. The summed E-state index contributed by atoms with van der Waals surface area (Å²) in [5.41, 5.74) is 1.86. The first-order chi connectivity index (χ1) is 10.2. The topological polar surface area (TPSA) is 21.3 Å². The molecule has 0 spiro atoms. The molecule has 0 bridgehead atoms. The van der Waals surface area contributed by atoms with E-state index in [4.69, 9.17) is 4.74 Å². The lowest BCUT2D eigenvalue weighted by Crippen LogP contribution is -2.24. The van der Waals surface area contributed by atoms with Crippen LogP contribution in [0.15, 0.2) is 48.5 Å². The number of rotatable bonds is 6. The number of likely N-dealkylation sites (N-methyl/N-ethyl adjacent to an activating group) is 1. The number of hydrogen-bond donors (Lipinski definition) is 1. The Hall–Kier alpha value is -1.87. The van der Waals surface area contributed by atoms with Gasteiger partial charge in [0.25, 0.3) is 0 Å². The minimum absolute atomic E-state index is 0.0903. The van der Waals surface area contributed by atoms with Crippen LogP contribution in [0.5, 0.6) is 5.75 Å². The van der Waals surface area contributed by atoms with Gasteiger partial charge in [0.15, 0.2) is 11.6 Å². The van der Waals surface area contributed by atoms with E-state index in [1.54, 1.807) is 6.07 Å². The first-order valence-corrected chi connectivity index (χ1v) is 7.27. The summed E-state index contributed by atoms with van der Waals surface area (Å²) in [6.07, 6.45) is 0.923. The first-order valence-electron chi connectivity index (χ1n) is 7.27. The molecule has 0 amide bonds. The molecular formula is C18H22FNO. The zero-order valence-electron chi connectivity index (χ0n) is 12.8. The summed E-state index contributed by atoms with van der Waals surface area (Å²) in [4.78, 5) is 0. The number of hydrogen-bond acceptors (Lipinski definition) is 2. The average molecular weight is 287 g/mol. The van der Waals surface area contributed by atoms with Crippen molar-refractivity contribution in [3.05, 3.63) is 65.5 Å². The van der Waals surface area contributed by atoms with Crippen molar-refractivity contribution in [3.8, 4) is 5.75 Å². The molecule has 2 unspecified atom stereocenters. The smallest absolute Gasteiger partial charge is 0.169 e. The van der Waals surface area contributed by atoms with Crippen molar-refractivity contribution in [2.75, 3.05) is 14.2 Å². The third-order valence-corrected chi connectivity index (χ3v) is 3.93. The lowest BCUT2D eigenvalue weighted by Gasteiger charge is -2.27. The fourth-order valence-corrected chi connectivity index (χ4v) is 2.86. The Labute approximate surface area is 126 Å². The van der Waals surface area contributed by atoms with E-state index in [0.29, 0.717) is 5.56 Å². The highest BCUT2D eigenvalue weighted by molar-refractivity contribution is 5.35. The van der Waals surface area contributed by atoms with Crippen molar-refractivity contribution in [2.45, 2.75) is 25.3 Å². The van der Waals surface area contributed by atoms with E-state index in [2.05, 4.69) is 24.4 Å². The molecule has 0 aliphatic carbocycles. The Bertz CT molecular complexity index is 571. The van der Waals surface area contributed by atoms with Crippen molar-refractivity contribution < 1.29 is 9.13 Å². The average Bonchev–Trinajstić information content (AvgIpc) is 2.54. The molecule has 2 aromatic rings. The van der Waals surface area contributed by atoms with Crippen LogP contribution in [0.1, 0.15) is 36.4 Å². The predicted molar refractivity (Wildman–Crippen MR) is 84.2 cm³/mol. The second-order valence-corrected chi connectivity index (χ2v) is 5.06. The van der Waals surface area contributed by atoms with Crippen LogP contribution in [0.2, 0.25) is 0 Å². The van der Waals surface area contributed by atoms with E-state index < -0.39 is 0 Å². The molecule has 21 heavy (non-hydrogen) atoms. The molecular weight excluding hydrogens is 265 g/mol. The van der Waals surface area contributed by atoms with Gasteiger partial charge in [-0.2, -0.15) is 0 Å². The molecule has 2 rings (SSSR count). The Balaban J connectivity index is 2.43. The van der Waals surface area contributed by atoms with Crippen molar-refractivity contribution in [1.29, 1.82) is 0 Å². The van der Waals surface area contributed by atoms with Crippen LogP contribution >= 0.6 is 0 Å². The second kappa shape index (κ2) is 7.23. The van der Waals surface area contributed by atoms with Gasteiger partial charge in [-0.1, -0.05) is 49.4 Å². The third-order valence-electron chi connectivity index (χ3n) is 3.93. The minimum Gasteiger partial charge on any atom is -0.494 e. The van der Waals surface area contributed by atoms with Gasteiger partial charge >= 0.3 is 0 Å². The SMILES string of the molecule is CCC(c1ccccc1)C(NC)c1cccc(OC)c1F. The molecule has 2 nitrogen and oxygen atoms in total. The summed E-state index contributed by atoms with van der Waals surface area (Å²) in [5.74, 6) is 0.210. The van der Waals surface area contributed by atoms with Crippen LogP contribution in [-0.4, -0.2) is 14.2 Å². The normalized spacial score (nSPS) is 13.7. The molecule has 0 heterocycles. The summed E-state index contributed by atoms with van der Waals surface area (Å²) in [6, 6.07) is 15.4. The van der Waals surface area contributed by atoms with Gasteiger partial charge in [0.2, 0.25) is 0 Å². The maximum atomic E-state index is 14.6. The molecule has 112 valence electrons. The maximum Gasteiger partial charge on any atom is 0.169 e. The fourth-order valence-electron chi connectivity index (χ4n) is 2.86. The van der Waals surface area contributed by atoms with E-state index >= 15 is 0 Å². The lowest BCUT2D eigenvalue weighted by molar-refractivity contribution is 0.374. The van der Waals surface area contributed by atoms with E-state index in [0.717, 1.165) is 6.42 Å². The first kappa shape index (κ1) is 15.5. The molecule has 0 aliphatic rings. The van der Waals surface area contributed by atoms with Crippen molar-refractivity contribution >= 4 is 0 Å². The molecule has 2 aromatic carbocycles. The number of methoxy groups -OCH3 is 1. The summed E-state index contributed by atoms with van der Waals surface area (Å²) in [7, 11) is 3.36. The van der Waals surface area contributed by atoms with Gasteiger partial charge in [0.05, 0.1) is 7.11 Å².